The Hall–Kier alpha value is -2.80. The molecule has 1 atom stereocenters. The van der Waals surface area contributed by atoms with E-state index >= 15 is 0 Å². The van der Waals surface area contributed by atoms with Gasteiger partial charge in [-0.15, -0.1) is 10.2 Å². The monoisotopic (exact) mass is 382 g/mol. The van der Waals surface area contributed by atoms with E-state index in [1.165, 1.54) is 6.08 Å². The maximum Gasteiger partial charge on any atom is 0.244 e. The van der Waals surface area contributed by atoms with E-state index in [-0.39, 0.29) is 11.9 Å². The lowest BCUT2D eigenvalue weighted by Crippen LogP contribution is -2.29. The van der Waals surface area contributed by atoms with E-state index < -0.39 is 0 Å². The molecule has 0 aliphatic carbocycles. The smallest absolute Gasteiger partial charge is 0.244 e. The highest BCUT2D eigenvalue weighted by molar-refractivity contribution is 7.98. The van der Waals surface area contributed by atoms with Crippen LogP contribution in [0.1, 0.15) is 23.9 Å². The molecule has 0 unspecified atom stereocenters. The van der Waals surface area contributed by atoms with Gasteiger partial charge in [0, 0.05) is 12.3 Å². The van der Waals surface area contributed by atoms with Crippen molar-refractivity contribution in [3.63, 3.8) is 0 Å². The molecule has 2 heterocycles. The molecular formula is C20H22N4O2S. The zero-order valence-electron chi connectivity index (χ0n) is 15.3. The summed E-state index contributed by atoms with van der Waals surface area (Å²) in [6.07, 6.45) is 8.03. The summed E-state index contributed by atoms with van der Waals surface area (Å²) < 4.78 is 7.12. The second kappa shape index (κ2) is 9.23. The molecule has 2 aromatic heterocycles. The van der Waals surface area contributed by atoms with Crippen LogP contribution in [0.15, 0.2) is 54.7 Å². The Kier molecular flexibility index (Phi) is 6.49. The Morgan fingerprint density at radius 2 is 2.19 bits per heavy atom. The molecule has 0 saturated heterocycles. The summed E-state index contributed by atoms with van der Waals surface area (Å²) in [4.78, 5) is 12.5. The topological polar surface area (TPSA) is 68.5 Å². The molecule has 27 heavy (non-hydrogen) atoms. The Bertz CT molecular complexity index is 938. The normalized spacial score (nSPS) is 12.4. The maximum absolute atomic E-state index is 12.5. The van der Waals surface area contributed by atoms with Gasteiger partial charge < -0.3 is 10.1 Å². The molecule has 0 aliphatic heterocycles. The van der Waals surface area contributed by atoms with Gasteiger partial charge in [-0.05, 0) is 54.3 Å². The summed E-state index contributed by atoms with van der Waals surface area (Å²) in [7, 11) is 1.62. The van der Waals surface area contributed by atoms with Gasteiger partial charge in [0.2, 0.25) is 5.91 Å². The molecule has 0 saturated carbocycles. The number of pyridine rings is 1. The first kappa shape index (κ1) is 19.0. The summed E-state index contributed by atoms with van der Waals surface area (Å²) in [5.74, 6) is 2.23. The van der Waals surface area contributed by atoms with Crippen molar-refractivity contribution in [3.8, 4) is 5.75 Å². The van der Waals surface area contributed by atoms with Crippen LogP contribution in [0.25, 0.3) is 11.7 Å². The van der Waals surface area contributed by atoms with Gasteiger partial charge in [0.25, 0.3) is 0 Å². The van der Waals surface area contributed by atoms with E-state index in [0.717, 1.165) is 35.0 Å². The molecule has 1 aromatic carbocycles. The fraction of sp³-hybridized carbons (Fsp3) is 0.250. The van der Waals surface area contributed by atoms with Crippen molar-refractivity contribution in [1.29, 1.82) is 0 Å². The molecule has 0 fully saturated rings. The third-order valence-corrected chi connectivity index (χ3v) is 4.74. The zero-order chi connectivity index (χ0) is 19.1. The van der Waals surface area contributed by atoms with Crippen molar-refractivity contribution in [3.05, 3.63) is 66.1 Å². The Morgan fingerprint density at radius 1 is 1.30 bits per heavy atom. The number of carbonyl (C=O) groups excluding carboxylic acids is 1. The van der Waals surface area contributed by atoms with Crippen molar-refractivity contribution < 1.29 is 9.53 Å². The number of rotatable bonds is 8. The highest BCUT2D eigenvalue weighted by Crippen LogP contribution is 2.18. The lowest BCUT2D eigenvalue weighted by molar-refractivity contribution is -0.117. The number of benzene rings is 1. The third-order valence-electron chi connectivity index (χ3n) is 4.10. The van der Waals surface area contributed by atoms with Gasteiger partial charge in [-0.1, -0.05) is 18.2 Å². The Balaban J connectivity index is 1.75. The summed E-state index contributed by atoms with van der Waals surface area (Å²) in [5.41, 5.74) is 1.67. The second-order valence-corrected chi connectivity index (χ2v) is 6.93. The van der Waals surface area contributed by atoms with E-state index in [2.05, 4.69) is 15.5 Å². The van der Waals surface area contributed by atoms with Gasteiger partial charge in [-0.3, -0.25) is 9.20 Å². The van der Waals surface area contributed by atoms with Crippen LogP contribution in [0.2, 0.25) is 0 Å². The van der Waals surface area contributed by atoms with Gasteiger partial charge in [0.15, 0.2) is 11.5 Å². The Labute approximate surface area is 162 Å². The van der Waals surface area contributed by atoms with Crippen molar-refractivity contribution in [2.75, 3.05) is 19.1 Å². The largest absolute Gasteiger partial charge is 0.497 e. The lowest BCUT2D eigenvalue weighted by Gasteiger charge is -2.16. The first-order valence-electron chi connectivity index (χ1n) is 8.62. The van der Waals surface area contributed by atoms with Crippen LogP contribution in [-0.2, 0) is 4.79 Å². The number of hydrogen-bond acceptors (Lipinski definition) is 5. The minimum Gasteiger partial charge on any atom is -0.497 e. The predicted molar refractivity (Wildman–Crippen MR) is 109 cm³/mol. The van der Waals surface area contributed by atoms with Crippen LogP contribution in [0.5, 0.6) is 5.75 Å². The summed E-state index contributed by atoms with van der Waals surface area (Å²) in [6.45, 7) is 0. The van der Waals surface area contributed by atoms with Crippen molar-refractivity contribution in [2.24, 2.45) is 0 Å². The molecule has 0 aliphatic rings. The predicted octanol–water partition coefficient (Wildman–Crippen LogP) is 3.36. The third kappa shape index (κ3) is 4.89. The molecule has 1 N–H and O–H groups in total. The average molecular weight is 382 g/mol. The number of methoxy groups -OCH3 is 1. The fourth-order valence-corrected chi connectivity index (χ4v) is 3.21. The van der Waals surface area contributed by atoms with Gasteiger partial charge in [0.1, 0.15) is 5.75 Å². The van der Waals surface area contributed by atoms with E-state index in [1.54, 1.807) is 24.9 Å². The number of nitrogens with zero attached hydrogens (tertiary/aromatic N) is 3. The summed E-state index contributed by atoms with van der Waals surface area (Å²) in [5, 5.41) is 11.5. The first-order chi connectivity index (χ1) is 13.2. The average Bonchev–Trinajstić information content (AvgIpc) is 3.14. The SMILES string of the molecule is COc1cccc(C=CC(=O)N[C@@H](CCSC)c2nnc3ccccn23)c1. The van der Waals surface area contributed by atoms with E-state index in [1.807, 2.05) is 59.3 Å². The number of fused-ring (bicyclic) bond motifs is 1. The second-order valence-electron chi connectivity index (χ2n) is 5.94. The molecule has 7 heteroatoms. The van der Waals surface area contributed by atoms with Crippen molar-refractivity contribution >= 4 is 29.4 Å². The quantitative estimate of drug-likeness (QED) is 0.605. The van der Waals surface area contributed by atoms with Crippen LogP contribution in [-0.4, -0.2) is 39.6 Å². The standard InChI is InChI=1S/C20H22N4O2S/c1-26-16-7-5-6-15(14-16)9-10-19(25)21-17(11-13-27-2)20-23-22-18-8-3-4-12-24(18)20/h3-10,12,14,17H,11,13H2,1-2H3,(H,21,25)/t17-/m0/s1. The molecule has 0 radical (unpaired) electrons. The molecule has 1 amide bonds. The van der Waals surface area contributed by atoms with Crippen LogP contribution in [0, 0.1) is 0 Å². The number of hydrogen-bond donors (Lipinski definition) is 1. The minimum atomic E-state index is -0.211. The molecule has 0 spiro atoms. The number of nitrogens with one attached hydrogen (secondary N) is 1. The number of carbonyl (C=O) groups is 1. The van der Waals surface area contributed by atoms with E-state index in [4.69, 9.17) is 4.74 Å². The number of amides is 1. The summed E-state index contributed by atoms with van der Waals surface area (Å²) in [6, 6.07) is 13.1. The highest BCUT2D eigenvalue weighted by atomic mass is 32.2. The molecule has 140 valence electrons. The van der Waals surface area contributed by atoms with Gasteiger partial charge in [-0.25, -0.2) is 0 Å². The maximum atomic E-state index is 12.5. The van der Waals surface area contributed by atoms with E-state index in [9.17, 15) is 4.79 Å². The van der Waals surface area contributed by atoms with Crippen molar-refractivity contribution in [2.45, 2.75) is 12.5 Å². The fourth-order valence-electron chi connectivity index (χ4n) is 2.74. The molecule has 0 bridgehead atoms. The van der Waals surface area contributed by atoms with Crippen molar-refractivity contribution in [1.82, 2.24) is 19.9 Å². The minimum absolute atomic E-state index is 0.170. The molecular weight excluding hydrogens is 360 g/mol. The number of thioether (sulfide) groups is 1. The molecule has 3 rings (SSSR count). The van der Waals surface area contributed by atoms with Crippen LogP contribution in [0.3, 0.4) is 0 Å². The Morgan fingerprint density at radius 3 is 3.00 bits per heavy atom. The van der Waals surface area contributed by atoms with Gasteiger partial charge in [-0.2, -0.15) is 11.8 Å². The summed E-state index contributed by atoms with van der Waals surface area (Å²) >= 11 is 1.73. The zero-order valence-corrected chi connectivity index (χ0v) is 16.1. The van der Waals surface area contributed by atoms with Gasteiger partial charge in [0.05, 0.1) is 13.2 Å². The highest BCUT2D eigenvalue weighted by Gasteiger charge is 2.19. The van der Waals surface area contributed by atoms with Crippen LogP contribution < -0.4 is 10.1 Å². The van der Waals surface area contributed by atoms with Crippen LogP contribution >= 0.6 is 11.8 Å². The first-order valence-corrected chi connectivity index (χ1v) is 10.0. The van der Waals surface area contributed by atoms with E-state index in [0.29, 0.717) is 0 Å². The number of aromatic nitrogens is 3. The molecule has 6 nitrogen and oxygen atoms in total. The van der Waals surface area contributed by atoms with Crippen LogP contribution in [0.4, 0.5) is 0 Å². The molecule has 3 aromatic rings. The number of ether oxygens (including phenoxy) is 1. The lowest BCUT2D eigenvalue weighted by atomic mass is 10.2. The van der Waals surface area contributed by atoms with Gasteiger partial charge >= 0.3 is 0 Å².